The van der Waals surface area contributed by atoms with E-state index in [0.717, 1.165) is 26.1 Å². The summed E-state index contributed by atoms with van der Waals surface area (Å²) in [4.78, 5) is 2.33. The van der Waals surface area contributed by atoms with Gasteiger partial charge in [-0.15, -0.1) is 0 Å². The second-order valence-corrected chi connectivity index (χ2v) is 6.45. The Balaban J connectivity index is 2.17. The summed E-state index contributed by atoms with van der Waals surface area (Å²) >= 11 is 0. The molecule has 1 fully saturated rings. The van der Waals surface area contributed by atoms with Crippen molar-refractivity contribution in [2.75, 3.05) is 18.0 Å². The van der Waals surface area contributed by atoms with E-state index >= 15 is 0 Å². The standard InChI is InChI=1S/C17H28N2O/c1-12(2)18-10-15-9-13(3)5-6-16(15)19-8-7-14(4)17(20)11-19/h5-6,9,12,14,17-18,20H,7-8,10-11H2,1-4H3. The molecule has 0 aromatic heterocycles. The van der Waals surface area contributed by atoms with Crippen molar-refractivity contribution in [1.29, 1.82) is 0 Å². The number of hydrogen-bond donors (Lipinski definition) is 2. The van der Waals surface area contributed by atoms with Gasteiger partial charge in [-0.2, -0.15) is 0 Å². The van der Waals surface area contributed by atoms with Crippen molar-refractivity contribution in [1.82, 2.24) is 5.32 Å². The van der Waals surface area contributed by atoms with Gasteiger partial charge < -0.3 is 15.3 Å². The van der Waals surface area contributed by atoms with Gasteiger partial charge >= 0.3 is 0 Å². The number of aryl methyl sites for hydroxylation is 1. The number of piperidine rings is 1. The van der Waals surface area contributed by atoms with Crippen molar-refractivity contribution < 1.29 is 5.11 Å². The topological polar surface area (TPSA) is 35.5 Å². The lowest BCUT2D eigenvalue weighted by molar-refractivity contribution is 0.103. The number of nitrogens with one attached hydrogen (secondary N) is 1. The fraction of sp³-hybridized carbons (Fsp3) is 0.647. The molecular weight excluding hydrogens is 248 g/mol. The van der Waals surface area contributed by atoms with Crippen molar-refractivity contribution in [3.63, 3.8) is 0 Å². The fourth-order valence-electron chi connectivity index (χ4n) is 2.75. The van der Waals surface area contributed by atoms with Gasteiger partial charge in [0, 0.05) is 31.4 Å². The van der Waals surface area contributed by atoms with Crippen LogP contribution in [0.3, 0.4) is 0 Å². The second-order valence-electron chi connectivity index (χ2n) is 6.45. The molecule has 0 bridgehead atoms. The third-order valence-corrected chi connectivity index (χ3v) is 4.20. The van der Waals surface area contributed by atoms with Crippen molar-refractivity contribution in [2.45, 2.75) is 52.8 Å². The minimum atomic E-state index is -0.212. The van der Waals surface area contributed by atoms with E-state index in [4.69, 9.17) is 0 Å². The van der Waals surface area contributed by atoms with Crippen LogP contribution in [-0.2, 0) is 6.54 Å². The molecular formula is C17H28N2O. The summed E-state index contributed by atoms with van der Waals surface area (Å²) in [7, 11) is 0. The van der Waals surface area contributed by atoms with Crippen molar-refractivity contribution >= 4 is 5.69 Å². The molecule has 1 aliphatic heterocycles. The third kappa shape index (κ3) is 3.74. The molecule has 2 unspecified atom stereocenters. The Bertz CT molecular complexity index is 445. The molecule has 1 heterocycles. The molecule has 0 saturated carbocycles. The summed E-state index contributed by atoms with van der Waals surface area (Å²) in [6.07, 6.45) is 0.850. The average Bonchev–Trinajstić information content (AvgIpc) is 2.40. The zero-order chi connectivity index (χ0) is 14.7. The molecule has 2 rings (SSSR count). The minimum absolute atomic E-state index is 0.212. The Hall–Kier alpha value is -1.06. The van der Waals surface area contributed by atoms with E-state index in [-0.39, 0.29) is 6.10 Å². The van der Waals surface area contributed by atoms with E-state index in [1.807, 2.05) is 0 Å². The van der Waals surface area contributed by atoms with Gasteiger partial charge in [-0.05, 0) is 30.9 Å². The first kappa shape index (κ1) is 15.3. The predicted molar refractivity (Wildman–Crippen MR) is 85.2 cm³/mol. The molecule has 2 atom stereocenters. The lowest BCUT2D eigenvalue weighted by atomic mass is 9.95. The molecule has 1 aliphatic rings. The van der Waals surface area contributed by atoms with E-state index in [0.29, 0.717) is 12.0 Å². The lowest BCUT2D eigenvalue weighted by Gasteiger charge is -2.37. The number of anilines is 1. The van der Waals surface area contributed by atoms with Crippen LogP contribution in [0.15, 0.2) is 18.2 Å². The molecule has 0 radical (unpaired) electrons. The smallest absolute Gasteiger partial charge is 0.0741 e. The molecule has 1 saturated heterocycles. The number of hydrogen-bond acceptors (Lipinski definition) is 3. The van der Waals surface area contributed by atoms with Crippen LogP contribution in [0.2, 0.25) is 0 Å². The van der Waals surface area contributed by atoms with Gasteiger partial charge in [-0.25, -0.2) is 0 Å². The SMILES string of the molecule is Cc1ccc(N2CCC(C)C(O)C2)c(CNC(C)C)c1. The molecule has 3 heteroatoms. The monoisotopic (exact) mass is 276 g/mol. The summed E-state index contributed by atoms with van der Waals surface area (Å²) in [6, 6.07) is 7.11. The summed E-state index contributed by atoms with van der Waals surface area (Å²) < 4.78 is 0. The molecule has 1 aromatic carbocycles. The molecule has 3 nitrogen and oxygen atoms in total. The van der Waals surface area contributed by atoms with E-state index in [9.17, 15) is 5.11 Å². The van der Waals surface area contributed by atoms with Gasteiger partial charge in [0.05, 0.1) is 6.10 Å². The van der Waals surface area contributed by atoms with Crippen LogP contribution >= 0.6 is 0 Å². The van der Waals surface area contributed by atoms with Gasteiger partial charge in [0.2, 0.25) is 0 Å². The first-order valence-electron chi connectivity index (χ1n) is 7.73. The number of aliphatic hydroxyl groups excluding tert-OH is 1. The normalized spacial score (nSPS) is 23.4. The largest absolute Gasteiger partial charge is 0.391 e. The van der Waals surface area contributed by atoms with Crippen molar-refractivity contribution in [3.8, 4) is 0 Å². The highest BCUT2D eigenvalue weighted by Crippen LogP contribution is 2.27. The molecule has 2 N–H and O–H groups in total. The van der Waals surface area contributed by atoms with E-state index in [2.05, 4.69) is 56.1 Å². The highest BCUT2D eigenvalue weighted by atomic mass is 16.3. The van der Waals surface area contributed by atoms with Crippen LogP contribution in [-0.4, -0.2) is 30.3 Å². The van der Waals surface area contributed by atoms with Gasteiger partial charge in [-0.3, -0.25) is 0 Å². The molecule has 20 heavy (non-hydrogen) atoms. The first-order chi connectivity index (χ1) is 9.47. The maximum Gasteiger partial charge on any atom is 0.0741 e. The molecule has 0 spiro atoms. The van der Waals surface area contributed by atoms with Gasteiger partial charge in [0.1, 0.15) is 0 Å². The van der Waals surface area contributed by atoms with Crippen LogP contribution in [0.25, 0.3) is 0 Å². The minimum Gasteiger partial charge on any atom is -0.391 e. The molecule has 112 valence electrons. The quantitative estimate of drug-likeness (QED) is 0.887. The van der Waals surface area contributed by atoms with Crippen LogP contribution in [0, 0.1) is 12.8 Å². The second kappa shape index (κ2) is 6.59. The van der Waals surface area contributed by atoms with Gasteiger partial charge in [-0.1, -0.05) is 38.5 Å². The summed E-state index contributed by atoms with van der Waals surface area (Å²) in [6.45, 7) is 11.3. The number of benzene rings is 1. The van der Waals surface area contributed by atoms with E-state index in [1.54, 1.807) is 0 Å². The Morgan fingerprint density at radius 2 is 2.15 bits per heavy atom. The van der Waals surface area contributed by atoms with Gasteiger partial charge in [0.25, 0.3) is 0 Å². The van der Waals surface area contributed by atoms with E-state index < -0.39 is 0 Å². The van der Waals surface area contributed by atoms with Crippen molar-refractivity contribution in [3.05, 3.63) is 29.3 Å². The van der Waals surface area contributed by atoms with Crippen LogP contribution < -0.4 is 10.2 Å². The van der Waals surface area contributed by atoms with Crippen molar-refractivity contribution in [2.24, 2.45) is 5.92 Å². The maximum atomic E-state index is 10.1. The highest BCUT2D eigenvalue weighted by Gasteiger charge is 2.25. The van der Waals surface area contributed by atoms with Gasteiger partial charge in [0.15, 0.2) is 0 Å². The predicted octanol–water partition coefficient (Wildman–Crippen LogP) is 2.70. The first-order valence-corrected chi connectivity index (χ1v) is 7.73. The third-order valence-electron chi connectivity index (χ3n) is 4.20. The molecule has 0 aliphatic carbocycles. The Morgan fingerprint density at radius 1 is 1.40 bits per heavy atom. The fourth-order valence-corrected chi connectivity index (χ4v) is 2.75. The Labute approximate surface area is 123 Å². The summed E-state index contributed by atoms with van der Waals surface area (Å²) in [5.74, 6) is 0.411. The molecule has 1 aromatic rings. The number of rotatable bonds is 4. The number of aliphatic hydroxyl groups is 1. The number of β-amino-alcohol motifs (C(OH)–C–C–N with tert-alkyl or cyclic N) is 1. The maximum absolute atomic E-state index is 10.1. The Kier molecular flexibility index (Phi) is 5.06. The van der Waals surface area contributed by atoms with E-state index in [1.165, 1.54) is 16.8 Å². The highest BCUT2D eigenvalue weighted by molar-refractivity contribution is 5.55. The lowest BCUT2D eigenvalue weighted by Crippen LogP contribution is -2.43. The zero-order valence-corrected chi connectivity index (χ0v) is 13.2. The van der Waals surface area contributed by atoms with Crippen LogP contribution in [0.4, 0.5) is 5.69 Å². The average molecular weight is 276 g/mol. The Morgan fingerprint density at radius 3 is 2.80 bits per heavy atom. The summed E-state index contributed by atoms with van der Waals surface area (Å²) in [5.41, 5.74) is 3.90. The number of nitrogens with zero attached hydrogens (tertiary/aromatic N) is 1. The zero-order valence-electron chi connectivity index (χ0n) is 13.2. The summed E-state index contributed by atoms with van der Waals surface area (Å²) in [5, 5.41) is 13.6. The molecule has 0 amide bonds. The van der Waals surface area contributed by atoms with Crippen LogP contribution in [0.5, 0.6) is 0 Å². The van der Waals surface area contributed by atoms with Crippen LogP contribution in [0.1, 0.15) is 38.3 Å².